The van der Waals surface area contributed by atoms with Crippen molar-refractivity contribution in [2.24, 2.45) is 0 Å². The number of carbonyl (C=O) groups is 2. The Morgan fingerprint density at radius 1 is 0.895 bits per heavy atom. The van der Waals surface area contributed by atoms with Gasteiger partial charge in [-0.15, -0.1) is 0 Å². The number of benzene rings is 1. The number of fused-ring (bicyclic) bond motifs is 1. The van der Waals surface area contributed by atoms with Crippen LogP contribution in [0, 0.1) is 0 Å². The number of rotatable bonds is 11. The number of hydrogen-bond acceptors (Lipinski definition) is 13. The molecule has 4 aliphatic rings. The van der Waals surface area contributed by atoms with Gasteiger partial charge in [-0.1, -0.05) is 12.1 Å². The van der Waals surface area contributed by atoms with Gasteiger partial charge in [-0.2, -0.15) is 14.3 Å². The van der Waals surface area contributed by atoms with Gasteiger partial charge >= 0.3 is 6.03 Å². The summed E-state index contributed by atoms with van der Waals surface area (Å²) >= 11 is 0. The Balaban J connectivity index is 0.804. The number of urea groups is 1. The maximum atomic E-state index is 12.6. The third-order valence-electron chi connectivity index (χ3n) is 11.4. The Morgan fingerprint density at radius 2 is 1.67 bits per heavy atom. The zero-order valence-corrected chi connectivity index (χ0v) is 33.0. The van der Waals surface area contributed by atoms with Crippen LogP contribution in [0.25, 0.3) is 22.3 Å². The van der Waals surface area contributed by atoms with E-state index in [4.69, 9.17) is 10.1 Å². The van der Waals surface area contributed by atoms with E-state index >= 15 is 0 Å². The smallest absolute Gasteiger partial charge is 0.328 e. The van der Waals surface area contributed by atoms with Crippen molar-refractivity contribution in [2.75, 3.05) is 60.9 Å². The lowest BCUT2D eigenvalue weighted by molar-refractivity contribution is -0.120. The van der Waals surface area contributed by atoms with E-state index in [9.17, 15) is 18.0 Å². The third kappa shape index (κ3) is 7.68. The second-order valence-corrected chi connectivity index (χ2v) is 17.7. The van der Waals surface area contributed by atoms with Crippen molar-refractivity contribution in [1.29, 1.82) is 0 Å². The molecule has 2 N–H and O–H groups in total. The van der Waals surface area contributed by atoms with Crippen LogP contribution in [-0.4, -0.2) is 121 Å². The predicted octanol–water partition coefficient (Wildman–Crippen LogP) is 3.98. The van der Waals surface area contributed by atoms with E-state index in [1.807, 2.05) is 24.4 Å². The molecule has 3 aliphatic heterocycles. The maximum Gasteiger partial charge on any atom is 0.328 e. The topological polar surface area (TPSA) is 180 Å². The zero-order chi connectivity index (χ0) is 39.3. The van der Waals surface area contributed by atoms with Gasteiger partial charge in [0.15, 0.2) is 11.6 Å². The number of nitrogens with one attached hydrogen (secondary N) is 2. The van der Waals surface area contributed by atoms with Crippen LogP contribution in [0.4, 0.5) is 27.9 Å². The molecule has 1 aliphatic carbocycles. The summed E-state index contributed by atoms with van der Waals surface area (Å²) in [7, 11) is -3.48. The molecule has 17 nitrogen and oxygen atoms in total. The first-order valence-electron chi connectivity index (χ1n) is 19.8. The van der Waals surface area contributed by atoms with E-state index in [1.165, 1.54) is 18.0 Å². The van der Waals surface area contributed by atoms with Crippen LogP contribution in [-0.2, 0) is 21.4 Å². The largest absolute Gasteiger partial charge is 0.354 e. The molecule has 18 heteroatoms. The van der Waals surface area contributed by atoms with Crippen molar-refractivity contribution in [3.63, 3.8) is 0 Å². The quantitative estimate of drug-likeness (QED) is 0.196. The summed E-state index contributed by atoms with van der Waals surface area (Å²) in [5.41, 5.74) is 3.53. The molecule has 0 radical (unpaired) electrons. The van der Waals surface area contributed by atoms with E-state index in [-0.39, 0.29) is 23.2 Å². The Kier molecular flexibility index (Phi) is 9.86. The fourth-order valence-corrected chi connectivity index (χ4v) is 9.54. The molecule has 57 heavy (non-hydrogen) atoms. The molecule has 1 saturated carbocycles. The Hall–Kier alpha value is -5.46. The fourth-order valence-electron chi connectivity index (χ4n) is 8.07. The molecule has 7 heterocycles. The second-order valence-electron chi connectivity index (χ2n) is 15.6. The van der Waals surface area contributed by atoms with Crippen molar-refractivity contribution in [1.82, 2.24) is 49.0 Å². The van der Waals surface area contributed by atoms with E-state index in [1.54, 1.807) is 17.2 Å². The average molecular weight is 794 g/mol. The summed E-state index contributed by atoms with van der Waals surface area (Å²) in [6.07, 6.45) is 10.2. The molecule has 0 unspecified atom stereocenters. The molecule has 1 aromatic carbocycles. The molecule has 0 bridgehead atoms. The Bertz CT molecular complexity index is 2390. The number of hydrogen-bond donors (Lipinski definition) is 2. The highest BCUT2D eigenvalue weighted by Gasteiger charge is 2.38. The molecule has 5 aromatic rings. The number of amides is 3. The van der Waals surface area contributed by atoms with Crippen molar-refractivity contribution in [2.45, 2.75) is 69.8 Å². The Labute approximate surface area is 331 Å². The highest BCUT2D eigenvalue weighted by atomic mass is 32.2. The summed E-state index contributed by atoms with van der Waals surface area (Å²) in [5.74, 6) is 2.25. The van der Waals surface area contributed by atoms with Crippen LogP contribution in [0.2, 0.25) is 0 Å². The predicted molar refractivity (Wildman–Crippen MR) is 216 cm³/mol. The number of piperidine rings is 1. The molecule has 4 aromatic heterocycles. The minimum absolute atomic E-state index is 0.139. The Morgan fingerprint density at radius 3 is 2.39 bits per heavy atom. The standard InChI is InChI=1S/C39H47N13O4S/c1-26(2)52-33-21-35(43-34-9-13-40-37(44-34)28-22-42-51(25-28)57(55,56)31-7-8-31)41-23-32(33)38(46-52)49-14-10-29(11-15-49)48-19-17-47(18-20-48)24-27-3-5-30(6-4-27)50-16-12-36(53)45-39(50)54/h3-6,9,13,21-23,25-26,29,31H,7-8,10-12,14-20,24H2,1-2H3,(H,45,53,54)(H,40,41,43,44). The summed E-state index contributed by atoms with van der Waals surface area (Å²) in [5, 5.41) is 15.5. The number of aromatic nitrogens is 7. The lowest BCUT2D eigenvalue weighted by Gasteiger charge is -2.43. The third-order valence-corrected chi connectivity index (χ3v) is 13.4. The van der Waals surface area contributed by atoms with Gasteiger partial charge in [-0.25, -0.2) is 28.2 Å². The molecule has 0 spiro atoms. The fraction of sp³-hybridized carbons (Fsp3) is 0.462. The maximum absolute atomic E-state index is 12.6. The van der Waals surface area contributed by atoms with E-state index in [0.29, 0.717) is 54.9 Å². The van der Waals surface area contributed by atoms with E-state index in [0.717, 1.165) is 85.2 Å². The van der Waals surface area contributed by atoms with Gasteiger partial charge in [0.1, 0.15) is 11.6 Å². The van der Waals surface area contributed by atoms with Crippen LogP contribution >= 0.6 is 0 Å². The number of imide groups is 1. The highest BCUT2D eigenvalue weighted by Crippen LogP contribution is 2.33. The van der Waals surface area contributed by atoms with Gasteiger partial charge in [-0.05, 0) is 63.3 Å². The normalized spacial score (nSPS) is 19.1. The second kappa shape index (κ2) is 15.1. The molecular weight excluding hydrogens is 747 g/mol. The van der Waals surface area contributed by atoms with Crippen LogP contribution in [0.1, 0.15) is 57.6 Å². The zero-order valence-electron chi connectivity index (χ0n) is 32.2. The molecule has 298 valence electrons. The van der Waals surface area contributed by atoms with Gasteiger partial charge in [0.25, 0.3) is 10.0 Å². The summed E-state index contributed by atoms with van der Waals surface area (Å²) in [6, 6.07) is 12.2. The van der Waals surface area contributed by atoms with Gasteiger partial charge < -0.3 is 10.2 Å². The molecule has 0 atom stereocenters. The van der Waals surface area contributed by atoms with Crippen molar-refractivity contribution < 1.29 is 18.0 Å². The van der Waals surface area contributed by atoms with Crippen molar-refractivity contribution in [3.8, 4) is 11.4 Å². The van der Waals surface area contributed by atoms with Crippen molar-refractivity contribution >= 4 is 56.0 Å². The van der Waals surface area contributed by atoms with E-state index < -0.39 is 10.0 Å². The van der Waals surface area contributed by atoms with Crippen LogP contribution in [0.5, 0.6) is 0 Å². The number of carbonyl (C=O) groups excluding carboxylic acids is 2. The van der Waals surface area contributed by atoms with Crippen LogP contribution < -0.4 is 20.4 Å². The molecular formula is C39H47N13O4S. The molecule has 9 rings (SSSR count). The van der Waals surface area contributed by atoms with Crippen LogP contribution in [0.15, 0.2) is 61.2 Å². The average Bonchev–Trinajstić information content (AvgIpc) is 3.84. The SMILES string of the molecule is CC(C)n1nc(N2CCC(N3CCN(Cc4ccc(N5CCC(=O)NC5=O)cc4)CC3)CC2)c2cnc(Nc3ccnc(-c4cnn(S(=O)(=O)C5CC5)c4)n3)cc21. The summed E-state index contributed by atoms with van der Waals surface area (Å²) < 4.78 is 28.4. The molecule has 3 saturated heterocycles. The minimum atomic E-state index is -3.48. The minimum Gasteiger partial charge on any atom is -0.354 e. The lowest BCUT2D eigenvalue weighted by Crippen LogP contribution is -2.53. The monoisotopic (exact) mass is 793 g/mol. The summed E-state index contributed by atoms with van der Waals surface area (Å²) in [4.78, 5) is 46.7. The van der Waals surface area contributed by atoms with Gasteiger partial charge in [-0.3, -0.25) is 29.5 Å². The molecule has 4 fully saturated rings. The first-order valence-corrected chi connectivity index (χ1v) is 21.3. The highest BCUT2D eigenvalue weighted by molar-refractivity contribution is 7.90. The van der Waals surface area contributed by atoms with Crippen molar-refractivity contribution in [3.05, 3.63) is 66.7 Å². The lowest BCUT2D eigenvalue weighted by atomic mass is 10.0. The number of piperazine rings is 1. The van der Waals surface area contributed by atoms with Gasteiger partial charge in [0.05, 0.1) is 34.1 Å². The number of nitrogens with zero attached hydrogens (tertiary/aromatic N) is 11. The van der Waals surface area contributed by atoms with Gasteiger partial charge in [0.2, 0.25) is 5.91 Å². The first kappa shape index (κ1) is 37.1. The molecule has 3 amide bonds. The number of anilines is 4. The number of pyridine rings is 1. The summed E-state index contributed by atoms with van der Waals surface area (Å²) in [6.45, 7) is 11.5. The first-order chi connectivity index (χ1) is 27.6. The van der Waals surface area contributed by atoms with E-state index in [2.05, 4.69) is 71.1 Å². The van der Waals surface area contributed by atoms with Gasteiger partial charge in [0, 0.05) is 95.0 Å². The van der Waals surface area contributed by atoms with Crippen LogP contribution in [0.3, 0.4) is 0 Å².